The zero-order valence-electron chi connectivity index (χ0n) is 11.2. The summed E-state index contributed by atoms with van der Waals surface area (Å²) in [6.07, 6.45) is 6.73. The average Bonchev–Trinajstić information content (AvgIpc) is 2.80. The maximum absolute atomic E-state index is 3.72. The van der Waals surface area contributed by atoms with Crippen molar-refractivity contribution < 1.29 is 0 Å². The number of rotatable bonds is 5. The quantitative estimate of drug-likeness (QED) is 0.814. The van der Waals surface area contributed by atoms with Gasteiger partial charge in [-0.15, -0.1) is 0 Å². The molecule has 1 aromatic rings. The highest BCUT2D eigenvalue weighted by Crippen LogP contribution is 2.27. The highest BCUT2D eigenvalue weighted by Gasteiger charge is 2.22. The fourth-order valence-electron chi connectivity index (χ4n) is 2.93. The largest absolute Gasteiger partial charge is 0.314 e. The van der Waals surface area contributed by atoms with Crippen LogP contribution in [0.3, 0.4) is 0 Å². The molecule has 0 aromatic heterocycles. The second kappa shape index (κ2) is 6.20. The minimum atomic E-state index is 0.781. The summed E-state index contributed by atoms with van der Waals surface area (Å²) in [4.78, 5) is 0. The van der Waals surface area contributed by atoms with Crippen LogP contribution in [0, 0.1) is 12.8 Å². The van der Waals surface area contributed by atoms with Gasteiger partial charge < -0.3 is 5.32 Å². The number of benzene rings is 1. The number of hydrogen-bond acceptors (Lipinski definition) is 1. The van der Waals surface area contributed by atoms with Gasteiger partial charge in [-0.2, -0.15) is 0 Å². The summed E-state index contributed by atoms with van der Waals surface area (Å²) in [5.74, 6) is 0.978. The summed E-state index contributed by atoms with van der Waals surface area (Å²) in [7, 11) is 0. The van der Waals surface area contributed by atoms with Crippen molar-refractivity contribution in [2.45, 2.75) is 52.0 Å². The molecule has 2 unspecified atom stereocenters. The third-order valence-electron chi connectivity index (χ3n) is 4.21. The van der Waals surface area contributed by atoms with E-state index in [1.54, 1.807) is 0 Å². The topological polar surface area (TPSA) is 12.0 Å². The SMILES string of the molecule is CCC1CCC(NCCc2ccccc2C)C1. The van der Waals surface area contributed by atoms with Crippen LogP contribution in [0.4, 0.5) is 0 Å². The molecule has 0 spiro atoms. The van der Waals surface area contributed by atoms with Crippen LogP contribution in [0.2, 0.25) is 0 Å². The van der Waals surface area contributed by atoms with Gasteiger partial charge in [0.2, 0.25) is 0 Å². The Balaban J connectivity index is 1.72. The fourth-order valence-corrected chi connectivity index (χ4v) is 2.93. The monoisotopic (exact) mass is 231 g/mol. The van der Waals surface area contributed by atoms with E-state index in [4.69, 9.17) is 0 Å². The zero-order chi connectivity index (χ0) is 12.1. The summed E-state index contributed by atoms with van der Waals surface area (Å²) in [5, 5.41) is 3.72. The molecule has 0 bridgehead atoms. The van der Waals surface area contributed by atoms with Gasteiger partial charge in [0.15, 0.2) is 0 Å². The van der Waals surface area contributed by atoms with Crippen LogP contribution >= 0.6 is 0 Å². The Bertz CT molecular complexity index is 345. The van der Waals surface area contributed by atoms with E-state index in [1.807, 2.05) is 0 Å². The van der Waals surface area contributed by atoms with Crippen molar-refractivity contribution in [2.24, 2.45) is 5.92 Å². The number of hydrogen-bond donors (Lipinski definition) is 1. The molecular weight excluding hydrogens is 206 g/mol. The Kier molecular flexibility index (Phi) is 4.61. The van der Waals surface area contributed by atoms with Gasteiger partial charge in [-0.1, -0.05) is 37.6 Å². The molecule has 0 aliphatic heterocycles. The molecule has 1 fully saturated rings. The van der Waals surface area contributed by atoms with Gasteiger partial charge >= 0.3 is 0 Å². The van der Waals surface area contributed by atoms with Crippen molar-refractivity contribution in [3.05, 3.63) is 35.4 Å². The molecule has 17 heavy (non-hydrogen) atoms. The van der Waals surface area contributed by atoms with Gasteiger partial charge in [-0.25, -0.2) is 0 Å². The molecule has 0 amide bonds. The summed E-state index contributed by atoms with van der Waals surface area (Å²) in [6.45, 7) is 5.66. The van der Waals surface area contributed by atoms with Crippen LogP contribution < -0.4 is 5.32 Å². The Morgan fingerprint density at radius 3 is 2.76 bits per heavy atom. The lowest BCUT2D eigenvalue weighted by atomic mass is 10.0. The van der Waals surface area contributed by atoms with Crippen molar-refractivity contribution >= 4 is 0 Å². The third-order valence-corrected chi connectivity index (χ3v) is 4.21. The van der Waals surface area contributed by atoms with Crippen LogP contribution in [0.25, 0.3) is 0 Å². The summed E-state index contributed by atoms with van der Waals surface area (Å²) >= 11 is 0. The Labute approximate surface area is 106 Å². The smallest absolute Gasteiger partial charge is 0.00699 e. The first kappa shape index (κ1) is 12.6. The molecule has 0 saturated heterocycles. The van der Waals surface area contributed by atoms with E-state index in [-0.39, 0.29) is 0 Å². The predicted octanol–water partition coefficient (Wildman–Crippen LogP) is 3.71. The Morgan fingerprint density at radius 2 is 2.06 bits per heavy atom. The first-order valence-corrected chi connectivity index (χ1v) is 7.07. The van der Waals surface area contributed by atoms with Crippen LogP contribution in [0.15, 0.2) is 24.3 Å². The van der Waals surface area contributed by atoms with E-state index in [1.165, 1.54) is 43.2 Å². The van der Waals surface area contributed by atoms with Gasteiger partial charge in [0.25, 0.3) is 0 Å². The Morgan fingerprint density at radius 1 is 1.24 bits per heavy atom. The van der Waals surface area contributed by atoms with E-state index < -0.39 is 0 Å². The van der Waals surface area contributed by atoms with Crippen molar-refractivity contribution in [1.82, 2.24) is 5.32 Å². The van der Waals surface area contributed by atoms with E-state index in [0.717, 1.165) is 18.5 Å². The summed E-state index contributed by atoms with van der Waals surface area (Å²) < 4.78 is 0. The lowest BCUT2D eigenvalue weighted by Gasteiger charge is -2.13. The third kappa shape index (κ3) is 3.57. The maximum Gasteiger partial charge on any atom is 0.00699 e. The van der Waals surface area contributed by atoms with E-state index in [2.05, 4.69) is 43.4 Å². The molecule has 0 radical (unpaired) electrons. The lowest BCUT2D eigenvalue weighted by molar-refractivity contribution is 0.479. The van der Waals surface area contributed by atoms with Crippen LogP contribution in [0.5, 0.6) is 0 Å². The minimum absolute atomic E-state index is 0.781. The van der Waals surface area contributed by atoms with Gasteiger partial charge in [-0.3, -0.25) is 0 Å². The predicted molar refractivity (Wildman–Crippen MR) is 74.3 cm³/mol. The van der Waals surface area contributed by atoms with Gasteiger partial charge in [0.1, 0.15) is 0 Å². The first-order chi connectivity index (χ1) is 8.29. The first-order valence-electron chi connectivity index (χ1n) is 7.07. The molecular formula is C16H25N. The van der Waals surface area contributed by atoms with Gasteiger partial charge in [-0.05, 0) is 56.2 Å². The molecule has 2 atom stereocenters. The summed E-state index contributed by atoms with van der Waals surface area (Å²) in [5.41, 5.74) is 2.91. The van der Waals surface area contributed by atoms with E-state index in [9.17, 15) is 0 Å². The molecule has 0 heterocycles. The molecule has 1 aliphatic carbocycles. The van der Waals surface area contributed by atoms with Gasteiger partial charge in [0.05, 0.1) is 0 Å². The standard InChI is InChI=1S/C16H25N/c1-3-14-8-9-16(12-14)17-11-10-15-7-5-4-6-13(15)2/h4-7,14,16-17H,3,8-12H2,1-2H3. The number of aryl methyl sites for hydroxylation is 1. The summed E-state index contributed by atoms with van der Waals surface area (Å²) in [6, 6.07) is 9.50. The van der Waals surface area contributed by atoms with Crippen molar-refractivity contribution in [3.8, 4) is 0 Å². The fraction of sp³-hybridized carbons (Fsp3) is 0.625. The molecule has 1 nitrogen and oxygen atoms in total. The van der Waals surface area contributed by atoms with Crippen molar-refractivity contribution in [2.75, 3.05) is 6.54 Å². The molecule has 1 saturated carbocycles. The van der Waals surface area contributed by atoms with Crippen molar-refractivity contribution in [3.63, 3.8) is 0 Å². The second-order valence-corrected chi connectivity index (χ2v) is 5.41. The van der Waals surface area contributed by atoms with Crippen molar-refractivity contribution in [1.29, 1.82) is 0 Å². The van der Waals surface area contributed by atoms with Crippen LogP contribution in [-0.2, 0) is 6.42 Å². The van der Waals surface area contributed by atoms with Crippen LogP contribution in [0.1, 0.15) is 43.7 Å². The number of nitrogens with one attached hydrogen (secondary N) is 1. The van der Waals surface area contributed by atoms with E-state index in [0.29, 0.717) is 0 Å². The lowest BCUT2D eigenvalue weighted by Crippen LogP contribution is -2.28. The highest BCUT2D eigenvalue weighted by molar-refractivity contribution is 5.25. The Hall–Kier alpha value is -0.820. The minimum Gasteiger partial charge on any atom is -0.314 e. The maximum atomic E-state index is 3.72. The molecule has 94 valence electrons. The molecule has 1 aliphatic rings. The second-order valence-electron chi connectivity index (χ2n) is 5.41. The molecule has 1 aromatic carbocycles. The molecule has 1 N–H and O–H groups in total. The zero-order valence-corrected chi connectivity index (χ0v) is 11.2. The van der Waals surface area contributed by atoms with Gasteiger partial charge in [0, 0.05) is 6.04 Å². The average molecular weight is 231 g/mol. The molecule has 1 heteroatoms. The van der Waals surface area contributed by atoms with E-state index >= 15 is 0 Å². The van der Waals surface area contributed by atoms with Crippen LogP contribution in [-0.4, -0.2) is 12.6 Å². The highest BCUT2D eigenvalue weighted by atomic mass is 14.9. The molecule has 2 rings (SSSR count). The normalized spacial score (nSPS) is 24.1.